The molecule has 1 aliphatic carbocycles. The number of halogens is 1. The fourth-order valence-corrected chi connectivity index (χ4v) is 3.28. The van der Waals surface area contributed by atoms with Gasteiger partial charge >= 0.3 is 0 Å². The van der Waals surface area contributed by atoms with Crippen LogP contribution in [0.5, 0.6) is 0 Å². The average molecular weight is 358 g/mol. The first-order valence-electron chi connectivity index (χ1n) is 6.89. The predicted molar refractivity (Wildman–Crippen MR) is 85.1 cm³/mol. The minimum atomic E-state index is 0.428. The van der Waals surface area contributed by atoms with Crippen LogP contribution >= 0.6 is 22.6 Å². The van der Waals surface area contributed by atoms with Crippen molar-refractivity contribution in [3.63, 3.8) is 0 Å². The first kappa shape index (κ1) is 14.3. The summed E-state index contributed by atoms with van der Waals surface area (Å²) in [5, 5.41) is 0. The Hall–Kier alpha value is -0.130. The highest BCUT2D eigenvalue weighted by Gasteiger charge is 2.25. The monoisotopic (exact) mass is 358 g/mol. The van der Waals surface area contributed by atoms with Crippen LogP contribution in [0.25, 0.3) is 0 Å². The van der Waals surface area contributed by atoms with Crippen LogP contribution < -0.4 is 11.3 Å². The minimum absolute atomic E-state index is 0.428. The van der Waals surface area contributed by atoms with Crippen molar-refractivity contribution in [1.29, 1.82) is 0 Å². The minimum Gasteiger partial charge on any atom is -0.271 e. The van der Waals surface area contributed by atoms with Gasteiger partial charge in [0.25, 0.3) is 0 Å². The van der Waals surface area contributed by atoms with E-state index in [-0.39, 0.29) is 0 Å². The van der Waals surface area contributed by atoms with E-state index in [0.29, 0.717) is 6.04 Å². The van der Waals surface area contributed by atoms with Gasteiger partial charge in [-0.15, -0.1) is 0 Å². The van der Waals surface area contributed by atoms with Gasteiger partial charge in [0.05, 0.1) is 0 Å². The molecule has 1 aromatic carbocycles. The van der Waals surface area contributed by atoms with Gasteiger partial charge in [-0.25, -0.2) is 0 Å². The van der Waals surface area contributed by atoms with E-state index in [1.165, 1.54) is 34.8 Å². The number of hydrazine groups is 1. The number of hydrogen-bond donors (Lipinski definition) is 2. The second kappa shape index (κ2) is 6.87. The molecule has 0 amide bonds. The zero-order valence-electron chi connectivity index (χ0n) is 11.0. The van der Waals surface area contributed by atoms with Gasteiger partial charge in [0.1, 0.15) is 0 Å². The predicted octanol–water partition coefficient (Wildman–Crippen LogP) is 3.49. The Kier molecular flexibility index (Phi) is 5.45. The summed E-state index contributed by atoms with van der Waals surface area (Å²) in [6, 6.07) is 9.21. The maximum absolute atomic E-state index is 5.76. The molecule has 0 saturated heterocycles. The summed E-state index contributed by atoms with van der Waals surface area (Å²) in [7, 11) is 0. The van der Waals surface area contributed by atoms with Crippen molar-refractivity contribution < 1.29 is 0 Å². The molecule has 0 aromatic heterocycles. The molecular weight excluding hydrogens is 335 g/mol. The molecule has 0 radical (unpaired) electrons. The summed E-state index contributed by atoms with van der Waals surface area (Å²) >= 11 is 2.34. The van der Waals surface area contributed by atoms with E-state index in [4.69, 9.17) is 5.84 Å². The summed E-state index contributed by atoms with van der Waals surface area (Å²) in [6.07, 6.45) is 6.40. The van der Waals surface area contributed by atoms with Crippen LogP contribution in [-0.4, -0.2) is 6.04 Å². The van der Waals surface area contributed by atoms with Gasteiger partial charge < -0.3 is 0 Å². The molecule has 1 atom stereocenters. The first-order valence-corrected chi connectivity index (χ1v) is 7.97. The highest BCUT2D eigenvalue weighted by Crippen LogP contribution is 2.31. The Labute approximate surface area is 124 Å². The van der Waals surface area contributed by atoms with E-state index in [9.17, 15) is 0 Å². The summed E-state index contributed by atoms with van der Waals surface area (Å²) in [6.45, 7) is 2.36. The van der Waals surface area contributed by atoms with Crippen LogP contribution in [0.15, 0.2) is 24.3 Å². The van der Waals surface area contributed by atoms with E-state index in [1.807, 2.05) is 0 Å². The van der Waals surface area contributed by atoms with Gasteiger partial charge in [-0.2, -0.15) is 0 Å². The van der Waals surface area contributed by atoms with Crippen LogP contribution in [0.1, 0.15) is 38.2 Å². The van der Waals surface area contributed by atoms with Crippen LogP contribution in [0.3, 0.4) is 0 Å². The van der Waals surface area contributed by atoms with Crippen molar-refractivity contribution in [3.05, 3.63) is 33.4 Å². The van der Waals surface area contributed by atoms with Crippen LogP contribution in [0.4, 0.5) is 0 Å². The lowest BCUT2D eigenvalue weighted by Crippen LogP contribution is -2.43. The Bertz CT molecular complexity index is 355. The van der Waals surface area contributed by atoms with Gasteiger partial charge in [0, 0.05) is 9.61 Å². The molecule has 100 valence electrons. The number of rotatable bonds is 4. The largest absolute Gasteiger partial charge is 0.271 e. The molecule has 1 unspecified atom stereocenters. The molecular formula is C15H23IN2. The highest BCUT2D eigenvalue weighted by atomic mass is 127. The third-order valence-electron chi connectivity index (χ3n) is 4.21. The van der Waals surface area contributed by atoms with Gasteiger partial charge in [-0.1, -0.05) is 31.9 Å². The van der Waals surface area contributed by atoms with Crippen molar-refractivity contribution in [2.75, 3.05) is 0 Å². The maximum Gasteiger partial charge on any atom is 0.0279 e. The summed E-state index contributed by atoms with van der Waals surface area (Å²) < 4.78 is 1.29. The van der Waals surface area contributed by atoms with E-state index in [0.717, 1.165) is 18.3 Å². The lowest BCUT2D eigenvalue weighted by molar-refractivity contribution is 0.229. The van der Waals surface area contributed by atoms with E-state index >= 15 is 0 Å². The third kappa shape index (κ3) is 3.93. The Morgan fingerprint density at radius 2 is 1.83 bits per heavy atom. The molecule has 1 fully saturated rings. The average Bonchev–Trinajstić information content (AvgIpc) is 2.39. The quantitative estimate of drug-likeness (QED) is 0.491. The summed E-state index contributed by atoms with van der Waals surface area (Å²) in [5.74, 6) is 7.41. The lowest BCUT2D eigenvalue weighted by Gasteiger charge is -2.32. The molecule has 0 heterocycles. The fourth-order valence-electron chi connectivity index (χ4n) is 2.92. The molecule has 1 saturated carbocycles. The van der Waals surface area contributed by atoms with Crippen LogP contribution in [0, 0.1) is 15.4 Å². The molecule has 2 nitrogen and oxygen atoms in total. The Balaban J connectivity index is 1.94. The second-order valence-electron chi connectivity index (χ2n) is 5.62. The Morgan fingerprint density at radius 3 is 2.39 bits per heavy atom. The zero-order valence-corrected chi connectivity index (χ0v) is 13.2. The topological polar surface area (TPSA) is 38.0 Å². The van der Waals surface area contributed by atoms with Crippen molar-refractivity contribution in [2.24, 2.45) is 17.7 Å². The third-order valence-corrected chi connectivity index (χ3v) is 4.93. The van der Waals surface area contributed by atoms with E-state index < -0.39 is 0 Å². The van der Waals surface area contributed by atoms with E-state index in [2.05, 4.69) is 59.2 Å². The molecule has 0 aliphatic heterocycles. The highest BCUT2D eigenvalue weighted by molar-refractivity contribution is 14.1. The van der Waals surface area contributed by atoms with Gasteiger partial charge in [-0.3, -0.25) is 11.3 Å². The van der Waals surface area contributed by atoms with Crippen LogP contribution in [-0.2, 0) is 6.42 Å². The molecule has 0 bridgehead atoms. The molecule has 2 rings (SSSR count). The molecule has 0 spiro atoms. The molecule has 3 N–H and O–H groups in total. The van der Waals surface area contributed by atoms with Gasteiger partial charge in [0.15, 0.2) is 0 Å². The van der Waals surface area contributed by atoms with Crippen LogP contribution in [0.2, 0.25) is 0 Å². The van der Waals surface area contributed by atoms with Crippen molar-refractivity contribution >= 4 is 22.6 Å². The number of benzene rings is 1. The molecule has 1 aromatic rings. The van der Waals surface area contributed by atoms with E-state index in [1.54, 1.807) is 0 Å². The fraction of sp³-hybridized carbons (Fsp3) is 0.600. The number of nitrogens with one attached hydrogen (secondary N) is 1. The van der Waals surface area contributed by atoms with Gasteiger partial charge in [-0.05, 0) is 71.4 Å². The Morgan fingerprint density at radius 1 is 1.22 bits per heavy atom. The standard InChI is InChI=1S/C15H23IN2/c1-11-2-6-13(7-3-11)15(18-17)10-12-4-8-14(16)9-5-12/h4-5,8-9,11,13,15,18H,2-3,6-7,10,17H2,1H3. The van der Waals surface area contributed by atoms with Gasteiger partial charge in [0.2, 0.25) is 0 Å². The first-order chi connectivity index (χ1) is 8.69. The SMILES string of the molecule is CC1CCC(C(Cc2ccc(I)cc2)NN)CC1. The van der Waals surface area contributed by atoms with Crippen molar-refractivity contribution in [2.45, 2.75) is 45.1 Å². The summed E-state index contributed by atoms with van der Waals surface area (Å²) in [4.78, 5) is 0. The molecule has 3 heteroatoms. The van der Waals surface area contributed by atoms with Crippen molar-refractivity contribution in [1.82, 2.24) is 5.43 Å². The zero-order chi connectivity index (χ0) is 13.0. The number of nitrogens with two attached hydrogens (primary N) is 1. The second-order valence-corrected chi connectivity index (χ2v) is 6.87. The molecule has 18 heavy (non-hydrogen) atoms. The normalized spacial score (nSPS) is 25.9. The lowest BCUT2D eigenvalue weighted by atomic mass is 9.78. The summed E-state index contributed by atoms with van der Waals surface area (Å²) in [5.41, 5.74) is 4.43. The smallest absolute Gasteiger partial charge is 0.0279 e. The maximum atomic E-state index is 5.76. The van der Waals surface area contributed by atoms with Crippen molar-refractivity contribution in [3.8, 4) is 0 Å². The molecule has 1 aliphatic rings. The number of hydrogen-bond acceptors (Lipinski definition) is 2.